The molecule has 8 heteroatoms. The molecule has 25 heavy (non-hydrogen) atoms. The summed E-state index contributed by atoms with van der Waals surface area (Å²) in [5.74, 6) is 0. The molecule has 2 aliphatic rings. The van der Waals surface area contributed by atoms with Crippen LogP contribution in [0.5, 0.6) is 0 Å². The van der Waals surface area contributed by atoms with Crippen molar-refractivity contribution >= 4 is 17.9 Å². The fourth-order valence-electron chi connectivity index (χ4n) is 3.43. The Balaban J connectivity index is 1.99. The standard InChI is InChI=1S/C17H20N4O3S/c1-9-4-5-11(10(2)6-9)13-7-14(24-17(22)23)19-15-12(8-18)16(25-3)20-21(13)15/h4-6,13-15,19-20H,7H2,1-3H3,(H,22,23). The average molecular weight is 360 g/mol. The van der Waals surface area contributed by atoms with Crippen molar-refractivity contribution in [3.8, 4) is 6.07 Å². The number of carbonyl (C=O) groups is 1. The number of hydrazine groups is 1. The second-order valence-corrected chi connectivity index (χ2v) is 6.95. The summed E-state index contributed by atoms with van der Waals surface area (Å²) in [5, 5.41) is 24.4. The van der Waals surface area contributed by atoms with Crippen molar-refractivity contribution in [1.82, 2.24) is 15.8 Å². The zero-order valence-corrected chi connectivity index (χ0v) is 15.1. The molecule has 0 radical (unpaired) electrons. The monoisotopic (exact) mass is 360 g/mol. The Morgan fingerprint density at radius 2 is 2.24 bits per heavy atom. The third kappa shape index (κ3) is 3.31. The summed E-state index contributed by atoms with van der Waals surface area (Å²) >= 11 is 1.46. The van der Waals surface area contributed by atoms with Crippen molar-refractivity contribution in [2.75, 3.05) is 6.26 Å². The van der Waals surface area contributed by atoms with Crippen LogP contribution in [0.2, 0.25) is 0 Å². The molecule has 3 N–H and O–H groups in total. The van der Waals surface area contributed by atoms with E-state index in [-0.39, 0.29) is 6.04 Å². The Morgan fingerprint density at radius 1 is 1.48 bits per heavy atom. The summed E-state index contributed by atoms with van der Waals surface area (Å²) in [4.78, 5) is 11.0. The van der Waals surface area contributed by atoms with E-state index in [2.05, 4.69) is 28.9 Å². The second kappa shape index (κ2) is 6.96. The predicted molar refractivity (Wildman–Crippen MR) is 94.2 cm³/mol. The number of thioether (sulfide) groups is 1. The summed E-state index contributed by atoms with van der Waals surface area (Å²) < 4.78 is 4.99. The molecule has 0 spiro atoms. The molecule has 1 aromatic rings. The molecule has 3 unspecified atom stereocenters. The topological polar surface area (TPSA) is 97.6 Å². The van der Waals surface area contributed by atoms with E-state index in [1.165, 1.54) is 17.3 Å². The van der Waals surface area contributed by atoms with Gasteiger partial charge in [-0.3, -0.25) is 5.32 Å². The smallest absolute Gasteiger partial charge is 0.450 e. The highest BCUT2D eigenvalue weighted by Gasteiger charge is 2.44. The molecule has 7 nitrogen and oxygen atoms in total. The molecule has 3 atom stereocenters. The Kier molecular flexibility index (Phi) is 4.90. The highest BCUT2D eigenvalue weighted by Crippen LogP contribution is 2.39. The fraction of sp³-hybridized carbons (Fsp3) is 0.412. The average Bonchev–Trinajstić information content (AvgIpc) is 2.91. The summed E-state index contributed by atoms with van der Waals surface area (Å²) in [6.07, 6.45) is -0.105. The van der Waals surface area contributed by atoms with Gasteiger partial charge < -0.3 is 15.3 Å². The van der Waals surface area contributed by atoms with Gasteiger partial charge in [-0.25, -0.2) is 4.79 Å². The van der Waals surface area contributed by atoms with E-state index < -0.39 is 18.5 Å². The maximum absolute atomic E-state index is 11.0. The van der Waals surface area contributed by atoms with Gasteiger partial charge >= 0.3 is 6.16 Å². The van der Waals surface area contributed by atoms with E-state index in [0.29, 0.717) is 12.0 Å². The molecule has 0 saturated carbocycles. The summed E-state index contributed by atoms with van der Waals surface area (Å²) in [5.41, 5.74) is 7.21. The second-order valence-electron chi connectivity index (χ2n) is 6.13. The van der Waals surface area contributed by atoms with Crippen LogP contribution in [0, 0.1) is 25.2 Å². The number of aryl methyl sites for hydroxylation is 2. The molecule has 1 saturated heterocycles. The van der Waals surface area contributed by atoms with Crippen LogP contribution in [-0.4, -0.2) is 34.9 Å². The SMILES string of the molecule is CSC1=C(C#N)C2NC(OC(=O)O)CC(c3ccc(C)cc3C)N2N1. The first-order valence-corrected chi connectivity index (χ1v) is 9.13. The van der Waals surface area contributed by atoms with E-state index in [1.807, 2.05) is 31.2 Å². The predicted octanol–water partition coefficient (Wildman–Crippen LogP) is 2.60. The molecule has 0 aromatic heterocycles. The molecule has 2 aliphatic heterocycles. The number of nitrogens with zero attached hydrogens (tertiary/aromatic N) is 2. The number of hydrogen-bond acceptors (Lipinski definition) is 7. The van der Waals surface area contributed by atoms with Gasteiger partial charge in [0.2, 0.25) is 0 Å². The minimum Gasteiger partial charge on any atom is -0.450 e. The number of fused-ring (bicyclic) bond motifs is 1. The lowest BCUT2D eigenvalue weighted by molar-refractivity contribution is -0.0475. The normalized spacial score (nSPS) is 25.9. The number of benzene rings is 1. The van der Waals surface area contributed by atoms with E-state index in [1.54, 1.807) is 0 Å². The van der Waals surface area contributed by atoms with Crippen LogP contribution in [0.4, 0.5) is 4.79 Å². The number of nitrogens with one attached hydrogen (secondary N) is 2. The van der Waals surface area contributed by atoms with Crippen LogP contribution in [0.1, 0.15) is 29.2 Å². The lowest BCUT2D eigenvalue weighted by Gasteiger charge is -2.42. The van der Waals surface area contributed by atoms with Gasteiger partial charge in [0.05, 0.1) is 16.6 Å². The molecular weight excluding hydrogens is 340 g/mol. The van der Waals surface area contributed by atoms with Crippen LogP contribution in [-0.2, 0) is 4.74 Å². The van der Waals surface area contributed by atoms with Gasteiger partial charge in [-0.05, 0) is 31.2 Å². The first-order valence-electron chi connectivity index (χ1n) is 7.90. The van der Waals surface area contributed by atoms with Crippen molar-refractivity contribution in [3.05, 3.63) is 45.5 Å². The largest absolute Gasteiger partial charge is 0.507 e. The van der Waals surface area contributed by atoms with Crippen molar-refractivity contribution < 1.29 is 14.6 Å². The summed E-state index contributed by atoms with van der Waals surface area (Å²) in [7, 11) is 0. The molecule has 1 fully saturated rings. The molecule has 0 amide bonds. The number of rotatable bonds is 3. The van der Waals surface area contributed by atoms with E-state index in [9.17, 15) is 10.1 Å². The minimum absolute atomic E-state index is 0.121. The van der Waals surface area contributed by atoms with Gasteiger partial charge in [-0.2, -0.15) is 10.3 Å². The fourth-order valence-corrected chi connectivity index (χ4v) is 4.01. The van der Waals surface area contributed by atoms with Crippen molar-refractivity contribution in [2.24, 2.45) is 0 Å². The maximum atomic E-state index is 11.0. The molecule has 2 heterocycles. The molecule has 0 bridgehead atoms. The van der Waals surface area contributed by atoms with Gasteiger partial charge in [0.25, 0.3) is 0 Å². The first-order chi connectivity index (χ1) is 11.9. The molecule has 132 valence electrons. The molecular formula is C17H20N4O3S. The third-order valence-corrected chi connectivity index (χ3v) is 5.22. The zero-order chi connectivity index (χ0) is 18.1. The maximum Gasteiger partial charge on any atom is 0.507 e. The highest BCUT2D eigenvalue weighted by molar-refractivity contribution is 8.02. The Hall–Kier alpha value is -2.21. The third-order valence-electron chi connectivity index (χ3n) is 4.50. The van der Waals surface area contributed by atoms with Gasteiger partial charge in [-0.1, -0.05) is 23.8 Å². The van der Waals surface area contributed by atoms with Crippen molar-refractivity contribution in [3.63, 3.8) is 0 Å². The lowest BCUT2D eigenvalue weighted by atomic mass is 9.94. The quantitative estimate of drug-likeness (QED) is 0.708. The summed E-state index contributed by atoms with van der Waals surface area (Å²) in [6, 6.07) is 8.30. The van der Waals surface area contributed by atoms with Crippen molar-refractivity contribution in [1.29, 1.82) is 5.26 Å². The number of ether oxygens (including phenoxy) is 1. The van der Waals surface area contributed by atoms with Crippen molar-refractivity contribution in [2.45, 2.75) is 38.7 Å². The van der Waals surface area contributed by atoms with E-state index in [0.717, 1.165) is 16.2 Å². The Labute approximate surface area is 150 Å². The number of carboxylic acid groups (broad SMARTS) is 1. The van der Waals surface area contributed by atoms with E-state index >= 15 is 0 Å². The number of hydrogen-bond donors (Lipinski definition) is 3. The minimum atomic E-state index is -1.33. The van der Waals surface area contributed by atoms with Crippen LogP contribution in [0.3, 0.4) is 0 Å². The van der Waals surface area contributed by atoms with Crippen LogP contribution in [0.25, 0.3) is 0 Å². The Bertz CT molecular complexity index is 774. The van der Waals surface area contributed by atoms with Gasteiger partial charge in [0, 0.05) is 6.42 Å². The molecule has 3 rings (SSSR count). The Morgan fingerprint density at radius 3 is 2.84 bits per heavy atom. The van der Waals surface area contributed by atoms with Crippen LogP contribution < -0.4 is 10.7 Å². The number of nitriles is 1. The first kappa shape index (κ1) is 17.6. The van der Waals surface area contributed by atoms with Crippen LogP contribution >= 0.6 is 11.8 Å². The van der Waals surface area contributed by atoms with Gasteiger partial charge in [-0.15, -0.1) is 11.8 Å². The highest BCUT2D eigenvalue weighted by atomic mass is 32.2. The summed E-state index contributed by atoms with van der Waals surface area (Å²) in [6.45, 7) is 4.07. The van der Waals surface area contributed by atoms with Gasteiger partial charge in [0.15, 0.2) is 6.23 Å². The zero-order valence-electron chi connectivity index (χ0n) is 14.2. The molecule has 0 aliphatic carbocycles. The van der Waals surface area contributed by atoms with Gasteiger partial charge in [0.1, 0.15) is 12.2 Å². The molecule has 1 aromatic carbocycles. The van der Waals surface area contributed by atoms with Crippen LogP contribution in [0.15, 0.2) is 28.8 Å². The van der Waals surface area contributed by atoms with E-state index in [4.69, 9.17) is 9.84 Å². The lowest BCUT2D eigenvalue weighted by Crippen LogP contribution is -2.59.